The predicted molar refractivity (Wildman–Crippen MR) is 60.4 cm³/mol. The molecule has 114 valence electrons. The summed E-state index contributed by atoms with van der Waals surface area (Å²) < 4.78 is 36.9. The van der Waals surface area contributed by atoms with E-state index in [-0.39, 0.29) is 0 Å². The lowest BCUT2D eigenvalue weighted by molar-refractivity contribution is -0.145. The number of nitrogens with zero attached hydrogens (tertiary/aromatic N) is 1. The molecule has 0 aromatic carbocycles. The number of aliphatic carboxylic acids is 2. The Morgan fingerprint density at radius 3 is 2.24 bits per heavy atom. The molecule has 1 heterocycles. The summed E-state index contributed by atoms with van der Waals surface area (Å²) in [5.41, 5.74) is -1.53. The monoisotopic (exact) mass is 306 g/mol. The summed E-state index contributed by atoms with van der Waals surface area (Å²) in [4.78, 5) is 36.0. The number of rotatable bonds is 5. The van der Waals surface area contributed by atoms with Gasteiger partial charge in [0.2, 0.25) is 0 Å². The van der Waals surface area contributed by atoms with Gasteiger partial charge >= 0.3 is 18.1 Å². The van der Waals surface area contributed by atoms with E-state index in [0.29, 0.717) is 12.3 Å². The first-order chi connectivity index (χ1) is 9.61. The van der Waals surface area contributed by atoms with Crippen LogP contribution in [0.3, 0.4) is 0 Å². The van der Waals surface area contributed by atoms with Crippen molar-refractivity contribution < 1.29 is 37.8 Å². The number of carbonyl (C=O) groups excluding carboxylic acids is 1. The maximum absolute atomic E-state index is 12.3. The van der Waals surface area contributed by atoms with Crippen LogP contribution in [-0.2, 0) is 15.8 Å². The molecule has 1 atom stereocenters. The molecule has 21 heavy (non-hydrogen) atoms. The smallest absolute Gasteiger partial charge is 0.417 e. The number of pyridine rings is 1. The summed E-state index contributed by atoms with van der Waals surface area (Å²) in [6.07, 6.45) is -5.07. The number of hydrogen-bond acceptors (Lipinski definition) is 4. The van der Waals surface area contributed by atoms with E-state index in [0.717, 1.165) is 6.07 Å². The standard InChI is InChI=1S/C11H9F3N2O5/c12-11(13,14)5-1-2-6(15-4-5)9(19)16-7(10(20)21)3-8(17)18/h1-2,4,7H,3H2,(H,16,19)(H,17,18)(H,20,21)/t7-/m0/s1. The molecule has 1 amide bonds. The van der Waals surface area contributed by atoms with Crippen LogP contribution >= 0.6 is 0 Å². The average Bonchev–Trinajstić information content (AvgIpc) is 2.36. The molecule has 0 radical (unpaired) electrons. The second-order valence-corrected chi connectivity index (χ2v) is 3.89. The van der Waals surface area contributed by atoms with Crippen LogP contribution in [0.1, 0.15) is 22.5 Å². The summed E-state index contributed by atoms with van der Waals surface area (Å²) in [6, 6.07) is -0.341. The number of halogens is 3. The topological polar surface area (TPSA) is 117 Å². The van der Waals surface area contributed by atoms with Gasteiger partial charge in [-0.1, -0.05) is 0 Å². The quantitative estimate of drug-likeness (QED) is 0.739. The Morgan fingerprint density at radius 1 is 1.24 bits per heavy atom. The Balaban J connectivity index is 2.83. The third kappa shape index (κ3) is 4.75. The molecule has 1 aromatic heterocycles. The minimum absolute atomic E-state index is 0.419. The highest BCUT2D eigenvalue weighted by molar-refractivity contribution is 5.95. The molecule has 0 aliphatic heterocycles. The molecule has 0 spiro atoms. The fourth-order valence-corrected chi connectivity index (χ4v) is 1.30. The molecule has 0 saturated carbocycles. The van der Waals surface area contributed by atoms with Crippen molar-refractivity contribution in [3.63, 3.8) is 0 Å². The van der Waals surface area contributed by atoms with Crippen molar-refractivity contribution in [3.05, 3.63) is 29.6 Å². The third-order valence-corrected chi connectivity index (χ3v) is 2.31. The minimum atomic E-state index is -4.62. The van der Waals surface area contributed by atoms with Crippen molar-refractivity contribution in [2.24, 2.45) is 0 Å². The summed E-state index contributed by atoms with van der Waals surface area (Å²) >= 11 is 0. The zero-order chi connectivity index (χ0) is 16.2. The molecule has 7 nitrogen and oxygen atoms in total. The van der Waals surface area contributed by atoms with Crippen molar-refractivity contribution in [3.8, 4) is 0 Å². The highest BCUT2D eigenvalue weighted by Gasteiger charge is 2.31. The Bertz CT molecular complexity index is 556. The lowest BCUT2D eigenvalue weighted by Crippen LogP contribution is -2.42. The van der Waals surface area contributed by atoms with Crippen LogP contribution in [0.2, 0.25) is 0 Å². The maximum atomic E-state index is 12.3. The number of carboxylic acids is 2. The van der Waals surface area contributed by atoms with Crippen LogP contribution in [0.4, 0.5) is 13.2 Å². The molecule has 0 unspecified atom stereocenters. The maximum Gasteiger partial charge on any atom is 0.417 e. The second-order valence-electron chi connectivity index (χ2n) is 3.89. The number of hydrogen-bond donors (Lipinski definition) is 3. The van der Waals surface area contributed by atoms with Gasteiger partial charge in [0.25, 0.3) is 5.91 Å². The van der Waals surface area contributed by atoms with Gasteiger partial charge in [0.15, 0.2) is 0 Å². The van der Waals surface area contributed by atoms with Gasteiger partial charge < -0.3 is 15.5 Å². The van der Waals surface area contributed by atoms with Crippen molar-refractivity contribution in [1.29, 1.82) is 0 Å². The van der Waals surface area contributed by atoms with E-state index in [2.05, 4.69) is 4.98 Å². The molecular weight excluding hydrogens is 297 g/mol. The molecule has 10 heteroatoms. The number of alkyl halides is 3. The van der Waals surface area contributed by atoms with Crippen LogP contribution < -0.4 is 5.32 Å². The first-order valence-electron chi connectivity index (χ1n) is 5.40. The van der Waals surface area contributed by atoms with Gasteiger partial charge in [-0.05, 0) is 12.1 Å². The Labute approximate surface area is 115 Å². The lowest BCUT2D eigenvalue weighted by Gasteiger charge is -2.12. The van der Waals surface area contributed by atoms with E-state index in [1.807, 2.05) is 5.32 Å². The first-order valence-corrected chi connectivity index (χ1v) is 5.40. The fraction of sp³-hybridized carbons (Fsp3) is 0.273. The fourth-order valence-electron chi connectivity index (χ4n) is 1.30. The minimum Gasteiger partial charge on any atom is -0.481 e. The number of amides is 1. The average molecular weight is 306 g/mol. The van der Waals surface area contributed by atoms with E-state index >= 15 is 0 Å². The summed E-state index contributed by atoms with van der Waals surface area (Å²) in [5.74, 6) is -4.13. The van der Waals surface area contributed by atoms with Gasteiger partial charge in [0, 0.05) is 6.20 Å². The first kappa shape index (κ1) is 16.4. The largest absolute Gasteiger partial charge is 0.481 e. The van der Waals surface area contributed by atoms with E-state index in [1.165, 1.54) is 0 Å². The summed E-state index contributed by atoms with van der Waals surface area (Å²) in [5, 5.41) is 19.1. The molecular formula is C11H9F3N2O5. The van der Waals surface area contributed by atoms with Gasteiger partial charge in [-0.3, -0.25) is 14.6 Å². The SMILES string of the molecule is O=C(O)C[C@H](NC(=O)c1ccc(C(F)(F)F)cn1)C(=O)O. The zero-order valence-corrected chi connectivity index (χ0v) is 10.2. The van der Waals surface area contributed by atoms with Gasteiger partial charge in [-0.25, -0.2) is 4.79 Å². The van der Waals surface area contributed by atoms with Crippen molar-refractivity contribution >= 4 is 17.8 Å². The van der Waals surface area contributed by atoms with Gasteiger partial charge in [-0.2, -0.15) is 13.2 Å². The van der Waals surface area contributed by atoms with E-state index in [1.54, 1.807) is 0 Å². The predicted octanol–water partition coefficient (Wildman–Crippen LogP) is 0.758. The highest BCUT2D eigenvalue weighted by Crippen LogP contribution is 2.28. The summed E-state index contributed by atoms with van der Waals surface area (Å²) in [7, 11) is 0. The normalized spacial score (nSPS) is 12.5. The molecule has 0 aliphatic carbocycles. The van der Waals surface area contributed by atoms with Crippen molar-refractivity contribution in [2.45, 2.75) is 18.6 Å². The van der Waals surface area contributed by atoms with Crippen molar-refractivity contribution in [2.75, 3.05) is 0 Å². The molecule has 0 saturated heterocycles. The lowest BCUT2D eigenvalue weighted by atomic mass is 10.2. The second kappa shape index (κ2) is 6.20. The summed E-state index contributed by atoms with van der Waals surface area (Å²) in [6.45, 7) is 0. The van der Waals surface area contributed by atoms with Crippen molar-refractivity contribution in [1.82, 2.24) is 10.3 Å². The number of carbonyl (C=O) groups is 3. The molecule has 0 fully saturated rings. The molecule has 0 bridgehead atoms. The van der Waals surface area contributed by atoms with Crippen LogP contribution in [0.25, 0.3) is 0 Å². The van der Waals surface area contributed by atoms with Crippen LogP contribution in [0, 0.1) is 0 Å². The highest BCUT2D eigenvalue weighted by atomic mass is 19.4. The molecule has 1 rings (SSSR count). The Kier molecular flexibility index (Phi) is 4.84. The zero-order valence-electron chi connectivity index (χ0n) is 10.2. The Morgan fingerprint density at radius 2 is 1.86 bits per heavy atom. The molecule has 1 aromatic rings. The number of aromatic nitrogens is 1. The van der Waals surface area contributed by atoms with Crippen LogP contribution in [-0.4, -0.2) is 39.1 Å². The van der Waals surface area contributed by atoms with Gasteiger partial charge in [0.05, 0.1) is 12.0 Å². The van der Waals surface area contributed by atoms with E-state index in [9.17, 15) is 27.6 Å². The van der Waals surface area contributed by atoms with Crippen LogP contribution in [0.5, 0.6) is 0 Å². The number of carboxylic acid groups (broad SMARTS) is 2. The van der Waals surface area contributed by atoms with E-state index in [4.69, 9.17) is 10.2 Å². The molecule has 0 aliphatic rings. The third-order valence-electron chi connectivity index (χ3n) is 2.31. The van der Waals surface area contributed by atoms with E-state index < -0.39 is 47.7 Å². The van der Waals surface area contributed by atoms with Crippen LogP contribution in [0.15, 0.2) is 18.3 Å². The number of nitrogens with one attached hydrogen (secondary N) is 1. The molecule has 3 N–H and O–H groups in total. The Hall–Kier alpha value is -2.65. The van der Waals surface area contributed by atoms with Gasteiger partial charge in [0.1, 0.15) is 11.7 Å². The van der Waals surface area contributed by atoms with Gasteiger partial charge in [-0.15, -0.1) is 0 Å².